The number of rotatable bonds is 5. The van der Waals surface area contributed by atoms with Crippen molar-refractivity contribution in [3.8, 4) is 0 Å². The molecule has 2 aliphatic heterocycles. The molecule has 2 fully saturated rings. The number of carbonyl (C=O) groups is 1. The number of hydrogen-bond donors (Lipinski definition) is 1. The monoisotopic (exact) mass is 534 g/mol. The molecule has 0 spiro atoms. The molecule has 1 N–H and O–H groups in total. The Morgan fingerprint density at radius 2 is 1.77 bits per heavy atom. The van der Waals surface area contributed by atoms with Gasteiger partial charge < -0.3 is 15.1 Å². The summed E-state index contributed by atoms with van der Waals surface area (Å²) in [5.74, 6) is -0.581. The fourth-order valence-electron chi connectivity index (χ4n) is 4.45. The third-order valence-electron chi connectivity index (χ3n) is 6.31. The lowest BCUT2D eigenvalue weighted by molar-refractivity contribution is -0.137. The van der Waals surface area contributed by atoms with Gasteiger partial charge in [-0.15, -0.1) is 0 Å². The Labute approximate surface area is 205 Å². The average Bonchev–Trinajstić information content (AvgIpc) is 3.13. The van der Waals surface area contributed by atoms with Crippen molar-refractivity contribution in [2.75, 3.05) is 36.1 Å². The molecule has 190 valence electrons. The van der Waals surface area contributed by atoms with Crippen LogP contribution in [0.25, 0.3) is 0 Å². The van der Waals surface area contributed by atoms with Crippen LogP contribution in [0, 0.1) is 5.82 Å². The Morgan fingerprint density at radius 1 is 1.09 bits per heavy atom. The first-order chi connectivity index (χ1) is 16.3. The van der Waals surface area contributed by atoms with E-state index in [2.05, 4.69) is 10.3 Å². The number of amides is 1. The lowest BCUT2D eigenvalue weighted by Crippen LogP contribution is -2.47. The molecule has 0 radical (unpaired) electrons. The summed E-state index contributed by atoms with van der Waals surface area (Å²) >= 11 is 5.74. The summed E-state index contributed by atoms with van der Waals surface area (Å²) in [6.07, 6.45) is -1.94. The van der Waals surface area contributed by atoms with Crippen LogP contribution >= 0.6 is 11.6 Å². The van der Waals surface area contributed by atoms with Crippen LogP contribution in [0.5, 0.6) is 0 Å². The Hall–Kier alpha value is -2.60. The molecular weight excluding hydrogens is 512 g/mol. The van der Waals surface area contributed by atoms with Crippen LogP contribution in [0.4, 0.5) is 29.1 Å². The lowest BCUT2D eigenvalue weighted by Gasteiger charge is -2.37. The van der Waals surface area contributed by atoms with Gasteiger partial charge >= 0.3 is 6.18 Å². The van der Waals surface area contributed by atoms with E-state index in [-0.39, 0.29) is 22.5 Å². The zero-order valence-corrected chi connectivity index (χ0v) is 20.2. The van der Waals surface area contributed by atoms with E-state index in [1.54, 1.807) is 4.90 Å². The van der Waals surface area contributed by atoms with Crippen LogP contribution in [-0.4, -0.2) is 62.2 Å². The van der Waals surface area contributed by atoms with Gasteiger partial charge in [-0.1, -0.05) is 11.6 Å². The molecule has 13 heteroatoms. The summed E-state index contributed by atoms with van der Waals surface area (Å²) in [4.78, 5) is 20.3. The summed E-state index contributed by atoms with van der Waals surface area (Å²) in [6, 6.07) is 5.02. The first-order valence-corrected chi connectivity index (χ1v) is 13.2. The maximum atomic E-state index is 14.4. The Balaban J connectivity index is 1.36. The molecule has 2 saturated heterocycles. The molecule has 3 heterocycles. The van der Waals surface area contributed by atoms with Gasteiger partial charge in [-0.2, -0.15) is 13.2 Å². The van der Waals surface area contributed by atoms with Gasteiger partial charge in [-0.25, -0.2) is 17.8 Å². The predicted octanol–water partition coefficient (Wildman–Crippen LogP) is 3.98. The van der Waals surface area contributed by atoms with Crippen LogP contribution in [0.1, 0.15) is 24.8 Å². The molecule has 1 aromatic heterocycles. The van der Waals surface area contributed by atoms with Crippen molar-refractivity contribution in [1.82, 2.24) is 9.88 Å². The number of benzene rings is 1. The summed E-state index contributed by atoms with van der Waals surface area (Å²) in [7, 11) is -3.55. The molecule has 1 amide bonds. The highest BCUT2D eigenvalue weighted by Crippen LogP contribution is 2.35. The average molecular weight is 535 g/mol. The van der Waals surface area contributed by atoms with E-state index in [4.69, 9.17) is 11.6 Å². The number of likely N-dealkylation sites (tertiary alicyclic amines) is 1. The molecule has 1 atom stereocenters. The number of nitrogens with zero attached hydrogens (tertiary/aromatic N) is 3. The van der Waals surface area contributed by atoms with Crippen LogP contribution in [0.15, 0.2) is 35.2 Å². The zero-order chi connectivity index (χ0) is 25.5. The van der Waals surface area contributed by atoms with Crippen molar-refractivity contribution in [2.45, 2.75) is 42.4 Å². The first kappa shape index (κ1) is 25.5. The molecule has 35 heavy (non-hydrogen) atoms. The molecule has 4 rings (SSSR count). The smallest absolute Gasteiger partial charge is 0.371 e. The van der Waals surface area contributed by atoms with E-state index in [0.29, 0.717) is 44.7 Å². The molecule has 2 aromatic rings. The second-order valence-corrected chi connectivity index (χ2v) is 11.0. The van der Waals surface area contributed by atoms with E-state index >= 15 is 0 Å². The maximum absolute atomic E-state index is 14.4. The van der Waals surface area contributed by atoms with Gasteiger partial charge in [0.1, 0.15) is 22.8 Å². The van der Waals surface area contributed by atoms with Crippen molar-refractivity contribution in [1.29, 1.82) is 0 Å². The number of nitrogens with one attached hydrogen (secondary N) is 1. The molecule has 0 saturated carbocycles. The van der Waals surface area contributed by atoms with Gasteiger partial charge in [0.15, 0.2) is 9.84 Å². The van der Waals surface area contributed by atoms with Crippen LogP contribution in [-0.2, 0) is 20.8 Å². The normalized spacial score (nSPS) is 19.9. The molecular formula is C22H23ClF4N4O3S. The van der Waals surface area contributed by atoms with E-state index < -0.39 is 38.6 Å². The highest BCUT2D eigenvalue weighted by Gasteiger charge is 2.38. The summed E-state index contributed by atoms with van der Waals surface area (Å²) in [5, 5.41) is 2.28. The number of aromatic nitrogens is 1. The maximum Gasteiger partial charge on any atom is 0.419 e. The first-order valence-electron chi connectivity index (χ1n) is 10.9. The SMILES string of the molecule is CS(=O)(=O)c1ccc(N[C@H]2CCN(C3CCN(c4ccc(C(F)(F)F)c(Cl)n4)CC3)C2=O)c(F)c1. The van der Waals surface area contributed by atoms with Crippen molar-refractivity contribution < 1.29 is 30.8 Å². The van der Waals surface area contributed by atoms with E-state index in [0.717, 1.165) is 18.4 Å². The molecule has 7 nitrogen and oxygen atoms in total. The largest absolute Gasteiger partial charge is 0.419 e. The van der Waals surface area contributed by atoms with Crippen molar-refractivity contribution in [3.05, 3.63) is 46.9 Å². The molecule has 0 unspecified atom stereocenters. The molecule has 0 bridgehead atoms. The topological polar surface area (TPSA) is 82.6 Å². The highest BCUT2D eigenvalue weighted by atomic mass is 35.5. The third kappa shape index (κ3) is 5.48. The van der Waals surface area contributed by atoms with Crippen LogP contribution in [0.2, 0.25) is 5.15 Å². The predicted molar refractivity (Wildman–Crippen MR) is 123 cm³/mol. The van der Waals surface area contributed by atoms with Crippen molar-refractivity contribution in [2.24, 2.45) is 0 Å². The number of sulfone groups is 1. The third-order valence-corrected chi connectivity index (χ3v) is 7.71. The summed E-state index contributed by atoms with van der Waals surface area (Å²) in [5.41, 5.74) is -0.931. The van der Waals surface area contributed by atoms with E-state index in [9.17, 15) is 30.8 Å². The van der Waals surface area contributed by atoms with Gasteiger partial charge in [-0.3, -0.25) is 4.79 Å². The van der Waals surface area contributed by atoms with Gasteiger partial charge in [-0.05, 0) is 49.6 Å². The fourth-order valence-corrected chi connectivity index (χ4v) is 5.34. The van der Waals surface area contributed by atoms with Crippen molar-refractivity contribution >= 4 is 38.9 Å². The number of carbonyl (C=O) groups excluding carboxylic acids is 1. The summed E-state index contributed by atoms with van der Waals surface area (Å²) in [6.45, 7) is 1.46. The number of anilines is 2. The van der Waals surface area contributed by atoms with Gasteiger partial charge in [0.2, 0.25) is 5.91 Å². The van der Waals surface area contributed by atoms with Crippen LogP contribution < -0.4 is 10.2 Å². The minimum Gasteiger partial charge on any atom is -0.371 e. The number of piperidine rings is 1. The number of alkyl halides is 3. The Bertz CT molecular complexity index is 1230. The molecule has 0 aliphatic carbocycles. The molecule has 2 aliphatic rings. The minimum atomic E-state index is -4.57. The number of hydrogen-bond acceptors (Lipinski definition) is 6. The van der Waals surface area contributed by atoms with Gasteiger partial charge in [0, 0.05) is 31.9 Å². The Morgan fingerprint density at radius 3 is 2.34 bits per heavy atom. The second-order valence-electron chi connectivity index (χ2n) is 8.65. The zero-order valence-electron chi connectivity index (χ0n) is 18.6. The molecule has 1 aromatic carbocycles. The van der Waals surface area contributed by atoms with Gasteiger partial charge in [0.05, 0.1) is 16.1 Å². The standard InChI is InChI=1S/C22H23ClF4N4O3S/c1-35(33,34)14-2-4-17(16(24)12-14)28-18-8-11-31(21(18)32)13-6-9-30(10-7-13)19-5-3-15(20(23)29-19)22(25,26)27/h2-5,12-13,18,28H,6-11H2,1H3/t18-/m0/s1. The minimum absolute atomic E-state index is 0.0534. The van der Waals surface area contributed by atoms with Crippen LogP contribution in [0.3, 0.4) is 0 Å². The van der Waals surface area contributed by atoms with E-state index in [1.807, 2.05) is 4.90 Å². The summed E-state index contributed by atoms with van der Waals surface area (Å²) < 4.78 is 76.3. The fraction of sp³-hybridized carbons (Fsp3) is 0.455. The number of halogens is 5. The highest BCUT2D eigenvalue weighted by molar-refractivity contribution is 7.90. The lowest BCUT2D eigenvalue weighted by atomic mass is 10.0. The Kier molecular flexibility index (Phi) is 6.89. The second kappa shape index (κ2) is 9.45. The van der Waals surface area contributed by atoms with Gasteiger partial charge in [0.25, 0.3) is 0 Å². The van der Waals surface area contributed by atoms with E-state index in [1.165, 1.54) is 18.2 Å². The van der Waals surface area contributed by atoms with Crippen molar-refractivity contribution in [3.63, 3.8) is 0 Å². The number of pyridine rings is 1. The quantitative estimate of drug-likeness (QED) is 0.462.